The maximum absolute atomic E-state index is 13.9. The molecule has 0 saturated carbocycles. The van der Waals surface area contributed by atoms with Crippen LogP contribution in [0.1, 0.15) is 57.6 Å². The van der Waals surface area contributed by atoms with E-state index in [2.05, 4.69) is 24.1 Å². The molecular weight excluding hydrogens is 263 g/mol. The first-order valence-electron chi connectivity index (χ1n) is 8.47. The number of halogens is 1. The number of hydrogen-bond acceptors (Lipinski definition) is 2. The average Bonchev–Trinajstić information content (AvgIpc) is 2.52. The fraction of sp³-hybridized carbons (Fsp3) is 0.667. The van der Waals surface area contributed by atoms with Crippen molar-refractivity contribution in [2.24, 2.45) is 0 Å². The summed E-state index contributed by atoms with van der Waals surface area (Å²) in [5.41, 5.74) is 0.813. The van der Waals surface area contributed by atoms with Gasteiger partial charge in [0.15, 0.2) is 0 Å². The molecule has 1 aliphatic rings. The van der Waals surface area contributed by atoms with Crippen LogP contribution in [0.15, 0.2) is 24.3 Å². The monoisotopic (exact) mass is 292 g/mol. The van der Waals surface area contributed by atoms with Crippen molar-refractivity contribution in [3.63, 3.8) is 0 Å². The molecule has 0 spiro atoms. The fourth-order valence-corrected chi connectivity index (χ4v) is 3.17. The summed E-state index contributed by atoms with van der Waals surface area (Å²) in [6, 6.07) is 7.82. The molecule has 2 rings (SSSR count). The van der Waals surface area contributed by atoms with E-state index in [4.69, 9.17) is 0 Å². The summed E-state index contributed by atoms with van der Waals surface area (Å²) < 4.78 is 13.9. The molecule has 0 radical (unpaired) electrons. The second-order valence-corrected chi connectivity index (χ2v) is 6.12. The Bertz CT molecular complexity index is 413. The molecule has 0 amide bonds. The van der Waals surface area contributed by atoms with Crippen LogP contribution in [0.4, 0.5) is 4.39 Å². The van der Waals surface area contributed by atoms with Gasteiger partial charge in [0.25, 0.3) is 0 Å². The van der Waals surface area contributed by atoms with Gasteiger partial charge in [-0.2, -0.15) is 0 Å². The molecule has 0 bridgehead atoms. The first-order valence-corrected chi connectivity index (χ1v) is 8.47. The molecule has 1 unspecified atom stereocenters. The van der Waals surface area contributed by atoms with E-state index in [1.165, 1.54) is 45.3 Å². The van der Waals surface area contributed by atoms with Crippen LogP contribution in [-0.2, 0) is 0 Å². The Labute approximate surface area is 128 Å². The van der Waals surface area contributed by atoms with Gasteiger partial charge in [-0.3, -0.25) is 0 Å². The third kappa shape index (κ3) is 4.79. The largest absolute Gasteiger partial charge is 0.307 e. The second-order valence-electron chi connectivity index (χ2n) is 6.12. The standard InChI is InChI=1S/C18H29FN2/c1-3-5-12-21-13-10-15(11-14-21)20-18(4-2)16-8-6-7-9-17(16)19/h6-9,15,18,20H,3-5,10-14H2,1-2H3. The molecule has 3 heteroatoms. The van der Waals surface area contributed by atoms with Crippen molar-refractivity contribution in [1.82, 2.24) is 10.2 Å². The number of hydrogen-bond donors (Lipinski definition) is 1. The van der Waals surface area contributed by atoms with Crippen LogP contribution in [-0.4, -0.2) is 30.6 Å². The molecule has 1 atom stereocenters. The van der Waals surface area contributed by atoms with Crippen molar-refractivity contribution in [3.8, 4) is 0 Å². The third-order valence-corrected chi connectivity index (χ3v) is 4.54. The smallest absolute Gasteiger partial charge is 0.127 e. The third-order valence-electron chi connectivity index (χ3n) is 4.54. The van der Waals surface area contributed by atoms with Crippen LogP contribution in [0, 0.1) is 5.82 Å². The van der Waals surface area contributed by atoms with Gasteiger partial charge in [0.1, 0.15) is 5.82 Å². The number of likely N-dealkylation sites (tertiary alicyclic amines) is 1. The summed E-state index contributed by atoms with van der Waals surface area (Å²) in [5.74, 6) is -0.0859. The van der Waals surface area contributed by atoms with Gasteiger partial charge in [0.2, 0.25) is 0 Å². The lowest BCUT2D eigenvalue weighted by atomic mass is 9.99. The van der Waals surface area contributed by atoms with E-state index < -0.39 is 0 Å². The predicted molar refractivity (Wildman–Crippen MR) is 86.9 cm³/mol. The number of nitrogens with one attached hydrogen (secondary N) is 1. The lowest BCUT2D eigenvalue weighted by molar-refractivity contribution is 0.187. The topological polar surface area (TPSA) is 15.3 Å². The van der Waals surface area contributed by atoms with Crippen LogP contribution < -0.4 is 5.32 Å². The minimum absolute atomic E-state index is 0.0859. The van der Waals surface area contributed by atoms with E-state index in [9.17, 15) is 4.39 Å². The maximum Gasteiger partial charge on any atom is 0.127 e. The molecule has 2 nitrogen and oxygen atoms in total. The predicted octanol–water partition coefficient (Wildman–Crippen LogP) is 4.13. The van der Waals surface area contributed by atoms with Crippen molar-refractivity contribution < 1.29 is 4.39 Å². The SMILES string of the molecule is CCCCN1CCC(NC(CC)c2ccccc2F)CC1. The number of benzene rings is 1. The summed E-state index contributed by atoms with van der Waals surface area (Å²) in [5, 5.41) is 3.67. The van der Waals surface area contributed by atoms with E-state index >= 15 is 0 Å². The summed E-state index contributed by atoms with van der Waals surface area (Å²) >= 11 is 0. The highest BCUT2D eigenvalue weighted by molar-refractivity contribution is 5.21. The number of piperidine rings is 1. The summed E-state index contributed by atoms with van der Waals surface area (Å²) in [4.78, 5) is 2.56. The van der Waals surface area contributed by atoms with Crippen LogP contribution in [0.3, 0.4) is 0 Å². The Kier molecular flexibility index (Phi) is 6.65. The van der Waals surface area contributed by atoms with Crippen molar-refractivity contribution in [1.29, 1.82) is 0 Å². The highest BCUT2D eigenvalue weighted by Crippen LogP contribution is 2.22. The summed E-state index contributed by atoms with van der Waals surface area (Å²) in [7, 11) is 0. The van der Waals surface area contributed by atoms with Crippen molar-refractivity contribution >= 4 is 0 Å². The van der Waals surface area contributed by atoms with Crippen LogP contribution in [0.25, 0.3) is 0 Å². The van der Waals surface area contributed by atoms with E-state index in [1.807, 2.05) is 12.1 Å². The van der Waals surface area contributed by atoms with Gasteiger partial charge in [-0.1, -0.05) is 38.5 Å². The van der Waals surface area contributed by atoms with Gasteiger partial charge < -0.3 is 10.2 Å². The summed E-state index contributed by atoms with van der Waals surface area (Å²) in [6.07, 6.45) is 5.84. The normalized spacial score (nSPS) is 18.8. The molecular formula is C18H29FN2. The van der Waals surface area contributed by atoms with Crippen LogP contribution in [0.2, 0.25) is 0 Å². The zero-order valence-corrected chi connectivity index (χ0v) is 13.4. The molecule has 0 aromatic heterocycles. The zero-order chi connectivity index (χ0) is 15.1. The fourth-order valence-electron chi connectivity index (χ4n) is 3.17. The Balaban J connectivity index is 1.85. The van der Waals surface area contributed by atoms with Crippen molar-refractivity contribution in [2.45, 2.75) is 58.0 Å². The first kappa shape index (κ1) is 16.4. The van der Waals surface area contributed by atoms with Crippen LogP contribution >= 0.6 is 0 Å². The minimum atomic E-state index is -0.0859. The molecule has 1 saturated heterocycles. The molecule has 1 aliphatic heterocycles. The van der Waals surface area contributed by atoms with E-state index in [-0.39, 0.29) is 11.9 Å². The molecule has 0 aliphatic carbocycles. The number of unbranched alkanes of at least 4 members (excludes halogenated alkanes) is 1. The minimum Gasteiger partial charge on any atom is -0.307 e. The first-order chi connectivity index (χ1) is 10.2. The van der Waals surface area contributed by atoms with Gasteiger partial charge >= 0.3 is 0 Å². The second kappa shape index (κ2) is 8.50. The molecule has 1 fully saturated rings. The maximum atomic E-state index is 13.9. The van der Waals surface area contributed by atoms with Crippen molar-refractivity contribution in [3.05, 3.63) is 35.6 Å². The summed E-state index contributed by atoms with van der Waals surface area (Å²) in [6.45, 7) is 7.94. The molecule has 1 aromatic rings. The van der Waals surface area contributed by atoms with E-state index in [0.29, 0.717) is 6.04 Å². The molecule has 21 heavy (non-hydrogen) atoms. The van der Waals surface area contributed by atoms with Gasteiger partial charge in [0.05, 0.1) is 0 Å². The molecule has 1 heterocycles. The quantitative estimate of drug-likeness (QED) is 0.813. The number of nitrogens with zero attached hydrogens (tertiary/aromatic N) is 1. The highest BCUT2D eigenvalue weighted by Gasteiger charge is 2.22. The highest BCUT2D eigenvalue weighted by atomic mass is 19.1. The van der Waals surface area contributed by atoms with Gasteiger partial charge in [0, 0.05) is 17.6 Å². The van der Waals surface area contributed by atoms with E-state index in [1.54, 1.807) is 12.1 Å². The Morgan fingerprint density at radius 2 is 1.95 bits per heavy atom. The van der Waals surface area contributed by atoms with Gasteiger partial charge in [-0.15, -0.1) is 0 Å². The Morgan fingerprint density at radius 1 is 1.24 bits per heavy atom. The Morgan fingerprint density at radius 3 is 2.57 bits per heavy atom. The average molecular weight is 292 g/mol. The van der Waals surface area contributed by atoms with E-state index in [0.717, 1.165) is 12.0 Å². The van der Waals surface area contributed by atoms with Gasteiger partial charge in [-0.25, -0.2) is 4.39 Å². The van der Waals surface area contributed by atoms with Crippen molar-refractivity contribution in [2.75, 3.05) is 19.6 Å². The molecule has 118 valence electrons. The zero-order valence-electron chi connectivity index (χ0n) is 13.4. The van der Waals surface area contributed by atoms with Crippen LogP contribution in [0.5, 0.6) is 0 Å². The lowest BCUT2D eigenvalue weighted by Crippen LogP contribution is -2.44. The molecule has 1 N–H and O–H groups in total. The Hall–Kier alpha value is -0.930. The number of rotatable bonds is 7. The van der Waals surface area contributed by atoms with Gasteiger partial charge in [-0.05, 0) is 51.4 Å². The molecule has 1 aromatic carbocycles. The lowest BCUT2D eigenvalue weighted by Gasteiger charge is -2.34.